The highest BCUT2D eigenvalue weighted by Gasteiger charge is 2.28. The number of carbonyl (C=O) groups is 1. The van der Waals surface area contributed by atoms with Gasteiger partial charge in [-0.05, 0) is 54.8 Å². The van der Waals surface area contributed by atoms with Gasteiger partial charge in [-0.1, -0.05) is 12.5 Å². The number of amides is 1. The Kier molecular flexibility index (Phi) is 4.66. The molecule has 4 nitrogen and oxygen atoms in total. The molecule has 1 aromatic carbocycles. The Morgan fingerprint density at radius 3 is 2.76 bits per heavy atom. The zero-order chi connectivity index (χ0) is 17.2. The van der Waals surface area contributed by atoms with Crippen molar-refractivity contribution in [3.05, 3.63) is 40.1 Å². The molecule has 2 aromatic rings. The number of hydrogen-bond acceptors (Lipinski definition) is 4. The molecule has 1 aromatic heterocycles. The standard InChI is InChI=1S/C20H23NO3S/c1-23-18-11-13(7-8-17(18)24-14-5-3-2-4-6-14)15-12-19(22)21-16-9-10-25-20(15)16/h7-11,14-15H,2-6,12H2,1H3,(H,21,22)/t15-/m1/s1. The van der Waals surface area contributed by atoms with Crippen LogP contribution in [0.25, 0.3) is 0 Å². The Bertz CT molecular complexity index is 764. The molecule has 0 saturated heterocycles. The molecule has 1 fully saturated rings. The van der Waals surface area contributed by atoms with E-state index < -0.39 is 0 Å². The SMILES string of the molecule is COc1cc([C@H]2CC(=O)Nc3ccsc32)ccc1OC1CCCCC1. The van der Waals surface area contributed by atoms with E-state index in [1.165, 1.54) is 24.1 Å². The molecular weight excluding hydrogens is 334 g/mol. The maximum absolute atomic E-state index is 12.0. The number of ether oxygens (including phenoxy) is 2. The summed E-state index contributed by atoms with van der Waals surface area (Å²) in [7, 11) is 1.68. The number of methoxy groups -OCH3 is 1. The molecule has 0 bridgehead atoms. The number of carbonyl (C=O) groups excluding carboxylic acids is 1. The van der Waals surface area contributed by atoms with E-state index >= 15 is 0 Å². The molecule has 2 heterocycles. The van der Waals surface area contributed by atoms with Gasteiger partial charge in [-0.2, -0.15) is 0 Å². The summed E-state index contributed by atoms with van der Waals surface area (Å²) in [6.45, 7) is 0. The lowest BCUT2D eigenvalue weighted by molar-refractivity contribution is -0.116. The molecule has 5 heteroatoms. The van der Waals surface area contributed by atoms with Crippen molar-refractivity contribution in [3.63, 3.8) is 0 Å². The number of benzene rings is 1. The minimum absolute atomic E-state index is 0.0670. The van der Waals surface area contributed by atoms with E-state index in [1.54, 1.807) is 18.4 Å². The molecule has 0 spiro atoms. The fourth-order valence-electron chi connectivity index (χ4n) is 3.80. The minimum Gasteiger partial charge on any atom is -0.493 e. The average molecular weight is 357 g/mol. The highest BCUT2D eigenvalue weighted by Crippen LogP contribution is 2.43. The van der Waals surface area contributed by atoms with Crippen LogP contribution in [0, 0.1) is 0 Å². The molecule has 1 N–H and O–H groups in total. The van der Waals surface area contributed by atoms with Crippen molar-refractivity contribution in [2.75, 3.05) is 12.4 Å². The largest absolute Gasteiger partial charge is 0.493 e. The second-order valence-electron chi connectivity index (χ2n) is 6.79. The summed E-state index contributed by atoms with van der Waals surface area (Å²) in [6, 6.07) is 8.09. The molecule has 1 saturated carbocycles. The highest BCUT2D eigenvalue weighted by molar-refractivity contribution is 7.10. The van der Waals surface area contributed by atoms with E-state index in [2.05, 4.69) is 11.4 Å². The van der Waals surface area contributed by atoms with Gasteiger partial charge < -0.3 is 14.8 Å². The van der Waals surface area contributed by atoms with Crippen molar-refractivity contribution >= 4 is 22.9 Å². The van der Waals surface area contributed by atoms with Crippen LogP contribution in [0.15, 0.2) is 29.6 Å². The fraction of sp³-hybridized carbons (Fsp3) is 0.450. The predicted molar refractivity (Wildman–Crippen MR) is 99.9 cm³/mol. The summed E-state index contributed by atoms with van der Waals surface area (Å²) in [6.07, 6.45) is 6.78. The van der Waals surface area contributed by atoms with E-state index in [0.29, 0.717) is 6.42 Å². The van der Waals surface area contributed by atoms with Gasteiger partial charge in [0.25, 0.3) is 0 Å². The van der Waals surface area contributed by atoms with Crippen molar-refractivity contribution in [3.8, 4) is 11.5 Å². The smallest absolute Gasteiger partial charge is 0.225 e. The Morgan fingerprint density at radius 1 is 1.12 bits per heavy atom. The molecule has 2 aliphatic rings. The van der Waals surface area contributed by atoms with Crippen LogP contribution in [0.4, 0.5) is 5.69 Å². The quantitative estimate of drug-likeness (QED) is 0.843. The van der Waals surface area contributed by atoms with Gasteiger partial charge in [-0.15, -0.1) is 11.3 Å². The number of hydrogen-bond donors (Lipinski definition) is 1. The van der Waals surface area contributed by atoms with E-state index in [0.717, 1.165) is 35.6 Å². The monoisotopic (exact) mass is 357 g/mol. The number of rotatable bonds is 4. The second-order valence-corrected chi connectivity index (χ2v) is 7.74. The Hall–Kier alpha value is -2.01. The second kappa shape index (κ2) is 7.08. The van der Waals surface area contributed by atoms with Crippen LogP contribution in [0.1, 0.15) is 54.9 Å². The molecular formula is C20H23NO3S. The van der Waals surface area contributed by atoms with Crippen LogP contribution in [0.5, 0.6) is 11.5 Å². The van der Waals surface area contributed by atoms with Crippen LogP contribution < -0.4 is 14.8 Å². The van der Waals surface area contributed by atoms with Crippen molar-refractivity contribution in [1.82, 2.24) is 0 Å². The van der Waals surface area contributed by atoms with Gasteiger partial charge in [0.15, 0.2) is 11.5 Å². The van der Waals surface area contributed by atoms with Crippen molar-refractivity contribution in [2.24, 2.45) is 0 Å². The maximum atomic E-state index is 12.0. The lowest BCUT2D eigenvalue weighted by atomic mass is 9.90. The molecule has 1 amide bonds. The van der Waals surface area contributed by atoms with E-state index in [1.807, 2.05) is 23.6 Å². The lowest BCUT2D eigenvalue weighted by Crippen LogP contribution is -2.22. The zero-order valence-electron chi connectivity index (χ0n) is 14.4. The third-order valence-corrected chi connectivity index (χ3v) is 6.14. The van der Waals surface area contributed by atoms with Gasteiger partial charge in [-0.25, -0.2) is 0 Å². The molecule has 1 aliphatic heterocycles. The molecule has 4 rings (SSSR count). The van der Waals surface area contributed by atoms with Crippen LogP contribution in [-0.4, -0.2) is 19.1 Å². The first-order chi connectivity index (χ1) is 12.2. The first-order valence-corrected chi connectivity index (χ1v) is 9.84. The number of anilines is 1. The normalized spacial score (nSPS) is 20.7. The number of fused-ring (bicyclic) bond motifs is 1. The lowest BCUT2D eigenvalue weighted by Gasteiger charge is -2.26. The summed E-state index contributed by atoms with van der Waals surface area (Å²) < 4.78 is 11.8. The van der Waals surface area contributed by atoms with E-state index in [-0.39, 0.29) is 17.9 Å². The van der Waals surface area contributed by atoms with Crippen molar-refractivity contribution in [1.29, 1.82) is 0 Å². The molecule has 0 radical (unpaired) electrons. The molecule has 1 atom stereocenters. The topological polar surface area (TPSA) is 47.6 Å². The summed E-state index contributed by atoms with van der Waals surface area (Å²) in [4.78, 5) is 13.2. The molecule has 25 heavy (non-hydrogen) atoms. The number of thiophene rings is 1. The van der Waals surface area contributed by atoms with Gasteiger partial charge in [0.1, 0.15) is 0 Å². The highest BCUT2D eigenvalue weighted by atomic mass is 32.1. The fourth-order valence-corrected chi connectivity index (χ4v) is 4.78. The van der Waals surface area contributed by atoms with Crippen LogP contribution in [-0.2, 0) is 4.79 Å². The van der Waals surface area contributed by atoms with Gasteiger partial charge in [-0.3, -0.25) is 4.79 Å². The van der Waals surface area contributed by atoms with E-state index in [4.69, 9.17) is 9.47 Å². The summed E-state index contributed by atoms with van der Waals surface area (Å²) in [5.41, 5.74) is 2.04. The Morgan fingerprint density at radius 2 is 1.96 bits per heavy atom. The van der Waals surface area contributed by atoms with Gasteiger partial charge in [0, 0.05) is 17.2 Å². The molecule has 132 valence electrons. The van der Waals surface area contributed by atoms with Crippen LogP contribution >= 0.6 is 11.3 Å². The van der Waals surface area contributed by atoms with Crippen LogP contribution in [0.2, 0.25) is 0 Å². The van der Waals surface area contributed by atoms with Crippen LogP contribution in [0.3, 0.4) is 0 Å². The Labute approximate surface area is 152 Å². The van der Waals surface area contributed by atoms with Gasteiger partial charge >= 0.3 is 0 Å². The minimum atomic E-state index is 0.0670. The average Bonchev–Trinajstić information content (AvgIpc) is 3.10. The predicted octanol–water partition coefficient (Wildman–Crippen LogP) is 4.94. The van der Waals surface area contributed by atoms with Crippen molar-refractivity contribution < 1.29 is 14.3 Å². The Balaban J connectivity index is 1.60. The summed E-state index contributed by atoms with van der Waals surface area (Å²) in [5.74, 6) is 1.72. The zero-order valence-corrected chi connectivity index (χ0v) is 15.2. The van der Waals surface area contributed by atoms with Gasteiger partial charge in [0.2, 0.25) is 5.91 Å². The first kappa shape index (κ1) is 16.5. The third kappa shape index (κ3) is 3.38. The van der Waals surface area contributed by atoms with E-state index in [9.17, 15) is 4.79 Å². The third-order valence-electron chi connectivity index (χ3n) is 5.11. The maximum Gasteiger partial charge on any atom is 0.225 e. The summed E-state index contributed by atoms with van der Waals surface area (Å²) >= 11 is 1.69. The van der Waals surface area contributed by atoms with Gasteiger partial charge in [0.05, 0.1) is 18.9 Å². The summed E-state index contributed by atoms with van der Waals surface area (Å²) in [5, 5.41) is 4.98. The van der Waals surface area contributed by atoms with Crippen molar-refractivity contribution in [2.45, 2.75) is 50.5 Å². The molecule has 1 aliphatic carbocycles. The number of nitrogens with one attached hydrogen (secondary N) is 1. The first-order valence-electron chi connectivity index (χ1n) is 8.96. The molecule has 0 unspecified atom stereocenters.